The van der Waals surface area contributed by atoms with Crippen molar-refractivity contribution in [2.24, 2.45) is 5.92 Å². The van der Waals surface area contributed by atoms with Gasteiger partial charge in [-0.2, -0.15) is 0 Å². The Balaban J connectivity index is 1.91. The van der Waals surface area contributed by atoms with Gasteiger partial charge in [-0.3, -0.25) is 9.59 Å². The van der Waals surface area contributed by atoms with Crippen molar-refractivity contribution in [2.75, 3.05) is 20.3 Å². The van der Waals surface area contributed by atoms with E-state index in [9.17, 15) is 14.4 Å². The van der Waals surface area contributed by atoms with Crippen LogP contribution in [0.3, 0.4) is 0 Å². The topological polar surface area (TPSA) is 90.9 Å². The third-order valence-corrected chi connectivity index (χ3v) is 7.95. The Labute approximate surface area is 221 Å². The quantitative estimate of drug-likeness (QED) is 0.399. The smallest absolute Gasteiger partial charge is 0.336 e. The molecule has 2 heterocycles. The van der Waals surface area contributed by atoms with E-state index in [1.807, 2.05) is 51.1 Å². The van der Waals surface area contributed by atoms with Crippen LogP contribution in [0, 0.1) is 19.8 Å². The first-order chi connectivity index (χ1) is 17.7. The van der Waals surface area contributed by atoms with Crippen LogP contribution < -0.4 is 10.1 Å². The number of ketones is 1. The molecule has 0 saturated heterocycles. The summed E-state index contributed by atoms with van der Waals surface area (Å²) in [6.45, 7) is 9.68. The summed E-state index contributed by atoms with van der Waals surface area (Å²) in [5.41, 5.74) is 3.91. The number of carbonyl (C=O) groups is 3. The van der Waals surface area contributed by atoms with Gasteiger partial charge in [0.25, 0.3) is 0 Å². The zero-order chi connectivity index (χ0) is 26.9. The van der Waals surface area contributed by atoms with Gasteiger partial charge in [0.1, 0.15) is 11.7 Å². The maximum atomic E-state index is 14.3. The molecule has 7 nitrogen and oxygen atoms in total. The third kappa shape index (κ3) is 4.94. The summed E-state index contributed by atoms with van der Waals surface area (Å²) in [7, 11) is 1.58. The minimum atomic E-state index is -1.04. The number of allylic oxidation sites excluding steroid dienone is 3. The molecule has 0 spiro atoms. The van der Waals surface area contributed by atoms with Crippen LogP contribution in [0.25, 0.3) is 0 Å². The predicted molar refractivity (Wildman–Crippen MR) is 142 cm³/mol. The SMILES string of the molecule is CCOC(=O)C1=C(C)NC2=C(C(=O)[C@@H](C(=O)OCC)[C@@H](c3cccc(OC)c3)C2)[C@@H]1c1cc(C)sc1C. The van der Waals surface area contributed by atoms with Gasteiger partial charge in [0.2, 0.25) is 0 Å². The average Bonchev–Trinajstić information content (AvgIpc) is 3.20. The highest BCUT2D eigenvalue weighted by Gasteiger charge is 2.49. The van der Waals surface area contributed by atoms with Gasteiger partial charge < -0.3 is 19.5 Å². The molecule has 0 saturated carbocycles. The van der Waals surface area contributed by atoms with E-state index in [2.05, 4.69) is 5.32 Å². The number of ether oxygens (including phenoxy) is 3. The van der Waals surface area contributed by atoms with Crippen molar-refractivity contribution in [3.8, 4) is 5.75 Å². The molecular weight excluding hydrogens is 490 g/mol. The van der Waals surface area contributed by atoms with Gasteiger partial charge in [-0.05, 0) is 70.4 Å². The Morgan fingerprint density at radius 3 is 2.43 bits per heavy atom. The van der Waals surface area contributed by atoms with Crippen LogP contribution in [0.4, 0.5) is 0 Å². The van der Waals surface area contributed by atoms with Gasteiger partial charge in [0.15, 0.2) is 5.78 Å². The molecule has 196 valence electrons. The maximum Gasteiger partial charge on any atom is 0.336 e. The number of carbonyl (C=O) groups excluding carboxylic acids is 3. The normalized spacial score (nSPS) is 21.4. The number of methoxy groups -OCH3 is 1. The first-order valence-corrected chi connectivity index (χ1v) is 13.3. The van der Waals surface area contributed by atoms with Crippen LogP contribution in [0.5, 0.6) is 5.75 Å². The summed E-state index contributed by atoms with van der Waals surface area (Å²) in [6.07, 6.45) is 0.407. The Kier molecular flexibility index (Phi) is 7.87. The van der Waals surface area contributed by atoms with Crippen molar-refractivity contribution >= 4 is 29.1 Å². The van der Waals surface area contributed by atoms with E-state index < -0.39 is 29.7 Å². The molecular formula is C29H33NO6S. The van der Waals surface area contributed by atoms with Crippen LogP contribution in [-0.2, 0) is 23.9 Å². The largest absolute Gasteiger partial charge is 0.497 e. The minimum absolute atomic E-state index is 0.164. The Morgan fingerprint density at radius 2 is 1.81 bits per heavy atom. The zero-order valence-corrected chi connectivity index (χ0v) is 22.9. The molecule has 2 aromatic rings. The van der Waals surface area contributed by atoms with E-state index in [0.29, 0.717) is 29.0 Å². The number of hydrogen-bond acceptors (Lipinski definition) is 8. The number of benzene rings is 1. The van der Waals surface area contributed by atoms with Crippen LogP contribution in [0.1, 0.15) is 59.9 Å². The number of esters is 2. The fourth-order valence-electron chi connectivity index (χ4n) is 5.45. The third-order valence-electron chi connectivity index (χ3n) is 6.97. The molecule has 1 N–H and O–H groups in total. The molecule has 4 rings (SSSR count). The highest BCUT2D eigenvalue weighted by molar-refractivity contribution is 7.12. The van der Waals surface area contributed by atoms with Gasteiger partial charge in [0.05, 0.1) is 25.9 Å². The van der Waals surface area contributed by atoms with E-state index in [1.54, 1.807) is 32.3 Å². The lowest BCUT2D eigenvalue weighted by Gasteiger charge is -2.39. The van der Waals surface area contributed by atoms with Crippen molar-refractivity contribution in [3.63, 3.8) is 0 Å². The van der Waals surface area contributed by atoms with Crippen molar-refractivity contribution in [1.29, 1.82) is 0 Å². The molecule has 0 amide bonds. The predicted octanol–water partition coefficient (Wildman–Crippen LogP) is 5.09. The summed E-state index contributed by atoms with van der Waals surface area (Å²) >= 11 is 1.61. The van der Waals surface area contributed by atoms with Gasteiger partial charge in [0, 0.05) is 38.6 Å². The highest BCUT2D eigenvalue weighted by atomic mass is 32.1. The second kappa shape index (κ2) is 10.9. The monoisotopic (exact) mass is 523 g/mol. The molecule has 2 aliphatic rings. The minimum Gasteiger partial charge on any atom is -0.497 e. The molecule has 0 radical (unpaired) electrons. The van der Waals surface area contributed by atoms with Gasteiger partial charge in [-0.25, -0.2) is 4.79 Å². The van der Waals surface area contributed by atoms with E-state index in [4.69, 9.17) is 14.2 Å². The van der Waals surface area contributed by atoms with Crippen molar-refractivity contribution in [1.82, 2.24) is 5.32 Å². The maximum absolute atomic E-state index is 14.3. The lowest BCUT2D eigenvalue weighted by atomic mass is 9.67. The lowest BCUT2D eigenvalue weighted by Crippen LogP contribution is -2.43. The summed E-state index contributed by atoms with van der Waals surface area (Å²) in [6, 6.07) is 9.46. The fraction of sp³-hybridized carbons (Fsp3) is 0.414. The van der Waals surface area contributed by atoms with Crippen LogP contribution in [0.2, 0.25) is 0 Å². The first kappa shape index (κ1) is 26.7. The van der Waals surface area contributed by atoms with Crippen LogP contribution in [0.15, 0.2) is 52.9 Å². The molecule has 1 aromatic heterocycles. The molecule has 0 bridgehead atoms. The van der Waals surface area contributed by atoms with Crippen LogP contribution in [-0.4, -0.2) is 38.0 Å². The van der Waals surface area contributed by atoms with Crippen LogP contribution >= 0.6 is 11.3 Å². The number of thiophene rings is 1. The number of hydrogen-bond donors (Lipinski definition) is 1. The molecule has 1 aliphatic heterocycles. The molecule has 37 heavy (non-hydrogen) atoms. The summed E-state index contributed by atoms with van der Waals surface area (Å²) in [5, 5.41) is 3.34. The number of rotatable bonds is 7. The van der Waals surface area contributed by atoms with E-state index in [1.165, 1.54) is 0 Å². The number of aryl methyl sites for hydroxylation is 2. The van der Waals surface area contributed by atoms with Gasteiger partial charge in [-0.15, -0.1) is 11.3 Å². The van der Waals surface area contributed by atoms with E-state index in [0.717, 1.165) is 26.6 Å². The molecule has 1 aliphatic carbocycles. The van der Waals surface area contributed by atoms with Crippen molar-refractivity contribution in [2.45, 2.75) is 52.9 Å². The van der Waals surface area contributed by atoms with Crippen molar-refractivity contribution in [3.05, 3.63) is 73.8 Å². The average molecular weight is 524 g/mol. The van der Waals surface area contributed by atoms with E-state index in [-0.39, 0.29) is 19.0 Å². The molecule has 0 unspecified atom stereocenters. The fourth-order valence-corrected chi connectivity index (χ4v) is 6.41. The Bertz CT molecular complexity index is 1300. The number of dihydropyridines is 1. The first-order valence-electron chi connectivity index (χ1n) is 12.5. The number of Topliss-reactive ketones (excluding diaryl/α,β-unsaturated/α-hetero) is 1. The zero-order valence-electron chi connectivity index (χ0n) is 22.1. The van der Waals surface area contributed by atoms with E-state index >= 15 is 0 Å². The molecule has 8 heteroatoms. The summed E-state index contributed by atoms with van der Waals surface area (Å²) in [4.78, 5) is 42.9. The molecule has 1 aromatic carbocycles. The lowest BCUT2D eigenvalue weighted by molar-refractivity contribution is -0.152. The Morgan fingerprint density at radius 1 is 1.08 bits per heavy atom. The summed E-state index contributed by atoms with van der Waals surface area (Å²) < 4.78 is 16.2. The molecule has 0 fully saturated rings. The molecule has 3 atom stereocenters. The number of nitrogens with one attached hydrogen (secondary N) is 1. The van der Waals surface area contributed by atoms with Gasteiger partial charge >= 0.3 is 11.9 Å². The van der Waals surface area contributed by atoms with Gasteiger partial charge in [-0.1, -0.05) is 12.1 Å². The highest BCUT2D eigenvalue weighted by Crippen LogP contribution is 2.49. The summed E-state index contributed by atoms with van der Waals surface area (Å²) in [5.74, 6) is -2.84. The second-order valence-corrected chi connectivity index (χ2v) is 10.7. The second-order valence-electron chi connectivity index (χ2n) is 9.26. The van der Waals surface area contributed by atoms with Crippen molar-refractivity contribution < 1.29 is 28.6 Å². The Hall–Kier alpha value is -3.39. The standard InChI is InChI=1S/C29H33NO6S/c1-7-35-28(32)23-16(4)30-22-14-21(18-10-9-11-19(13-18)34-6)25(29(33)36-8-2)27(31)26(22)24(23)20-12-15(3)37-17(20)5/h9-13,21,24-25,30H,7-8,14H2,1-6H3/t21-,24-,25+/m1/s1.